The molecule has 2 N–H and O–H groups in total. The van der Waals surface area contributed by atoms with E-state index in [2.05, 4.69) is 15.3 Å². The highest BCUT2D eigenvalue weighted by Gasteiger charge is 2.15. The SMILES string of the molecule is O=C(CCc1nc2ccc(F)cc2[nH]1)NCC[C@H]1CCOC1. The summed E-state index contributed by atoms with van der Waals surface area (Å²) in [6.45, 7) is 2.34. The first-order valence-corrected chi connectivity index (χ1v) is 7.69. The highest BCUT2D eigenvalue weighted by molar-refractivity contribution is 5.77. The number of benzene rings is 1. The summed E-state index contributed by atoms with van der Waals surface area (Å²) in [5.41, 5.74) is 1.38. The van der Waals surface area contributed by atoms with Crippen LogP contribution >= 0.6 is 0 Å². The van der Waals surface area contributed by atoms with E-state index >= 15 is 0 Å². The van der Waals surface area contributed by atoms with Crippen molar-refractivity contribution in [3.05, 3.63) is 29.8 Å². The van der Waals surface area contributed by atoms with Crippen molar-refractivity contribution < 1.29 is 13.9 Å². The van der Waals surface area contributed by atoms with Gasteiger partial charge in [-0.1, -0.05) is 0 Å². The maximum atomic E-state index is 13.1. The number of amides is 1. The second kappa shape index (κ2) is 6.87. The molecule has 2 heterocycles. The molecule has 1 saturated heterocycles. The van der Waals surface area contributed by atoms with Crippen LogP contribution in [0.3, 0.4) is 0 Å². The number of nitrogens with one attached hydrogen (secondary N) is 2. The van der Waals surface area contributed by atoms with Crippen molar-refractivity contribution in [3.63, 3.8) is 0 Å². The van der Waals surface area contributed by atoms with E-state index in [0.717, 1.165) is 31.6 Å². The smallest absolute Gasteiger partial charge is 0.220 e. The normalized spacial score (nSPS) is 18.0. The van der Waals surface area contributed by atoms with Crippen LogP contribution in [0.25, 0.3) is 11.0 Å². The van der Waals surface area contributed by atoms with E-state index in [0.29, 0.717) is 36.6 Å². The predicted molar refractivity (Wildman–Crippen MR) is 80.9 cm³/mol. The summed E-state index contributed by atoms with van der Waals surface area (Å²) >= 11 is 0. The largest absolute Gasteiger partial charge is 0.381 e. The quantitative estimate of drug-likeness (QED) is 0.859. The van der Waals surface area contributed by atoms with E-state index in [1.54, 1.807) is 6.07 Å². The number of aromatic nitrogens is 2. The third-order valence-electron chi connectivity index (χ3n) is 3.98. The van der Waals surface area contributed by atoms with Crippen LogP contribution in [0.4, 0.5) is 4.39 Å². The molecule has 0 unspecified atom stereocenters. The summed E-state index contributed by atoms with van der Waals surface area (Å²) in [7, 11) is 0. The summed E-state index contributed by atoms with van der Waals surface area (Å²) in [6, 6.07) is 4.43. The number of carbonyl (C=O) groups excluding carboxylic acids is 1. The van der Waals surface area contributed by atoms with Gasteiger partial charge >= 0.3 is 0 Å². The van der Waals surface area contributed by atoms with Gasteiger partial charge in [-0.3, -0.25) is 4.79 Å². The summed E-state index contributed by atoms with van der Waals surface area (Å²) in [5.74, 6) is 1.01. The van der Waals surface area contributed by atoms with E-state index in [1.807, 2.05) is 0 Å². The molecule has 0 spiro atoms. The van der Waals surface area contributed by atoms with Crippen molar-refractivity contribution in [1.29, 1.82) is 0 Å². The first-order valence-electron chi connectivity index (χ1n) is 7.69. The van der Waals surface area contributed by atoms with Gasteiger partial charge in [-0.2, -0.15) is 0 Å². The van der Waals surface area contributed by atoms with Crippen molar-refractivity contribution in [1.82, 2.24) is 15.3 Å². The Morgan fingerprint density at radius 3 is 3.23 bits per heavy atom. The van der Waals surface area contributed by atoms with Crippen molar-refractivity contribution >= 4 is 16.9 Å². The molecule has 1 aliphatic rings. The van der Waals surface area contributed by atoms with Gasteiger partial charge in [0.25, 0.3) is 0 Å². The Hall–Kier alpha value is -1.95. The molecule has 0 aliphatic carbocycles. The lowest BCUT2D eigenvalue weighted by Crippen LogP contribution is -2.26. The van der Waals surface area contributed by atoms with E-state index in [4.69, 9.17) is 4.74 Å². The van der Waals surface area contributed by atoms with E-state index in [-0.39, 0.29) is 11.7 Å². The maximum Gasteiger partial charge on any atom is 0.220 e. The summed E-state index contributed by atoms with van der Waals surface area (Å²) in [5, 5.41) is 2.93. The fourth-order valence-corrected chi connectivity index (χ4v) is 2.70. The zero-order valence-corrected chi connectivity index (χ0v) is 12.4. The topological polar surface area (TPSA) is 67.0 Å². The number of ether oxygens (including phenoxy) is 1. The van der Waals surface area contributed by atoms with Gasteiger partial charge in [0.1, 0.15) is 11.6 Å². The number of halogens is 1. The average Bonchev–Trinajstić information content (AvgIpc) is 3.13. The minimum atomic E-state index is -0.295. The lowest BCUT2D eigenvalue weighted by Gasteiger charge is -2.08. The van der Waals surface area contributed by atoms with Crippen molar-refractivity contribution in [3.8, 4) is 0 Å². The molecule has 1 amide bonds. The molecule has 118 valence electrons. The van der Waals surface area contributed by atoms with Crippen LogP contribution in [0, 0.1) is 11.7 Å². The molecule has 2 aromatic rings. The Labute approximate surface area is 128 Å². The first-order chi connectivity index (χ1) is 10.7. The number of fused-ring (bicyclic) bond motifs is 1. The number of carbonyl (C=O) groups is 1. The van der Waals surface area contributed by atoms with Gasteiger partial charge in [-0.05, 0) is 37.0 Å². The molecule has 0 saturated carbocycles. The van der Waals surface area contributed by atoms with Gasteiger partial charge in [-0.15, -0.1) is 0 Å². The number of rotatable bonds is 6. The van der Waals surface area contributed by atoms with Crippen molar-refractivity contribution in [2.45, 2.75) is 25.7 Å². The fourth-order valence-electron chi connectivity index (χ4n) is 2.70. The molecule has 1 aliphatic heterocycles. The van der Waals surface area contributed by atoms with Gasteiger partial charge in [0.15, 0.2) is 0 Å². The zero-order chi connectivity index (χ0) is 15.4. The van der Waals surface area contributed by atoms with Gasteiger partial charge in [0, 0.05) is 32.6 Å². The van der Waals surface area contributed by atoms with Crippen molar-refractivity contribution in [2.24, 2.45) is 5.92 Å². The number of H-pyrrole nitrogens is 1. The Morgan fingerprint density at radius 1 is 1.50 bits per heavy atom. The van der Waals surface area contributed by atoms with Crippen LogP contribution in [0.5, 0.6) is 0 Å². The van der Waals surface area contributed by atoms with Gasteiger partial charge in [-0.25, -0.2) is 9.37 Å². The van der Waals surface area contributed by atoms with Crippen LogP contribution in [0.2, 0.25) is 0 Å². The van der Waals surface area contributed by atoms with E-state index in [9.17, 15) is 9.18 Å². The van der Waals surface area contributed by atoms with Crippen LogP contribution < -0.4 is 5.32 Å². The molecule has 0 bridgehead atoms. The molecule has 3 rings (SSSR count). The van der Waals surface area contributed by atoms with Gasteiger partial charge < -0.3 is 15.0 Å². The Kier molecular flexibility index (Phi) is 4.68. The van der Waals surface area contributed by atoms with E-state index < -0.39 is 0 Å². The standard InChI is InChI=1S/C16H20FN3O2/c17-12-1-2-13-14(9-12)20-15(19-13)3-4-16(21)18-7-5-11-6-8-22-10-11/h1-2,9,11H,3-8,10H2,(H,18,21)(H,19,20)/t11-/m0/s1. The highest BCUT2D eigenvalue weighted by Crippen LogP contribution is 2.15. The first kappa shape index (κ1) is 15.0. The molecule has 5 nitrogen and oxygen atoms in total. The minimum Gasteiger partial charge on any atom is -0.381 e. The monoisotopic (exact) mass is 305 g/mol. The lowest BCUT2D eigenvalue weighted by atomic mass is 10.1. The molecule has 0 radical (unpaired) electrons. The minimum absolute atomic E-state index is 0.0190. The molecule has 6 heteroatoms. The molecule has 1 fully saturated rings. The number of imidazole rings is 1. The molecule has 1 aromatic carbocycles. The highest BCUT2D eigenvalue weighted by atomic mass is 19.1. The van der Waals surface area contributed by atoms with Crippen LogP contribution in [0.1, 0.15) is 25.1 Å². The van der Waals surface area contributed by atoms with Gasteiger partial charge in [0.05, 0.1) is 11.0 Å². The molecular formula is C16H20FN3O2. The van der Waals surface area contributed by atoms with E-state index in [1.165, 1.54) is 12.1 Å². The molecule has 1 aromatic heterocycles. The number of hydrogen-bond acceptors (Lipinski definition) is 3. The number of aromatic amines is 1. The molecule has 1 atom stereocenters. The predicted octanol–water partition coefficient (Wildman–Crippen LogP) is 2.18. The van der Waals surface area contributed by atoms with Crippen molar-refractivity contribution in [2.75, 3.05) is 19.8 Å². The average molecular weight is 305 g/mol. The number of nitrogens with zero attached hydrogens (tertiary/aromatic N) is 1. The van der Waals surface area contributed by atoms with Gasteiger partial charge in [0.2, 0.25) is 5.91 Å². The summed E-state index contributed by atoms with van der Waals surface area (Å²) in [6.07, 6.45) is 2.96. The third kappa shape index (κ3) is 3.82. The Bertz CT molecular complexity index is 650. The van der Waals surface area contributed by atoms with Crippen LogP contribution in [0.15, 0.2) is 18.2 Å². The summed E-state index contributed by atoms with van der Waals surface area (Å²) < 4.78 is 18.4. The second-order valence-corrected chi connectivity index (χ2v) is 5.71. The molecule has 22 heavy (non-hydrogen) atoms. The Balaban J connectivity index is 1.43. The lowest BCUT2D eigenvalue weighted by molar-refractivity contribution is -0.121. The maximum absolute atomic E-state index is 13.1. The summed E-state index contributed by atoms with van der Waals surface area (Å²) in [4.78, 5) is 19.2. The van der Waals surface area contributed by atoms with Crippen LogP contribution in [-0.2, 0) is 16.0 Å². The zero-order valence-electron chi connectivity index (χ0n) is 12.4. The molecular weight excluding hydrogens is 285 g/mol. The number of aryl methyl sites for hydroxylation is 1. The second-order valence-electron chi connectivity index (χ2n) is 5.71. The number of hydrogen-bond donors (Lipinski definition) is 2. The third-order valence-corrected chi connectivity index (χ3v) is 3.98. The Morgan fingerprint density at radius 2 is 2.41 bits per heavy atom. The van der Waals surface area contributed by atoms with Crippen LogP contribution in [-0.4, -0.2) is 35.6 Å². The fraction of sp³-hybridized carbons (Fsp3) is 0.500.